The number of aryl methyl sites for hydroxylation is 1. The second-order valence-electron chi connectivity index (χ2n) is 4.76. The van der Waals surface area contributed by atoms with Gasteiger partial charge in [0.05, 0.1) is 15.1 Å². The maximum Gasteiger partial charge on any atom is 0.265 e. The van der Waals surface area contributed by atoms with Gasteiger partial charge in [-0.05, 0) is 31.5 Å². The number of nitrogens with one attached hydrogen (secondary N) is 1. The highest BCUT2D eigenvalue weighted by atomic mass is 35.5. The number of halogens is 3. The average Bonchev–Trinajstić information content (AvgIpc) is 2.47. The molecule has 6 heteroatoms. The number of carbonyl (C=O) groups is 1. The number of para-hydroxylation sites is 1. The van der Waals surface area contributed by atoms with Crippen LogP contribution in [0.25, 0.3) is 0 Å². The lowest BCUT2D eigenvalue weighted by molar-refractivity contribution is -0.122. The summed E-state index contributed by atoms with van der Waals surface area (Å²) in [5.41, 5.74) is 1.71. The predicted molar refractivity (Wildman–Crippen MR) is 91.4 cm³/mol. The average molecular weight is 359 g/mol. The molecule has 0 saturated carbocycles. The number of hydrogen-bond acceptors (Lipinski definition) is 2. The molecule has 116 valence electrons. The summed E-state index contributed by atoms with van der Waals surface area (Å²) in [5.74, 6) is 0.0277. The van der Waals surface area contributed by atoms with Crippen LogP contribution in [0.15, 0.2) is 36.4 Å². The number of benzene rings is 2. The van der Waals surface area contributed by atoms with Gasteiger partial charge in [-0.1, -0.05) is 53.0 Å². The highest BCUT2D eigenvalue weighted by Gasteiger charge is 2.18. The van der Waals surface area contributed by atoms with Gasteiger partial charge in [-0.3, -0.25) is 4.79 Å². The van der Waals surface area contributed by atoms with E-state index >= 15 is 0 Å². The van der Waals surface area contributed by atoms with Gasteiger partial charge in [-0.15, -0.1) is 0 Å². The Bertz CT molecular complexity index is 704. The molecule has 0 bridgehead atoms. The van der Waals surface area contributed by atoms with Crippen LogP contribution in [0.4, 0.5) is 5.69 Å². The van der Waals surface area contributed by atoms with Crippen LogP contribution in [-0.4, -0.2) is 12.0 Å². The molecule has 0 aliphatic rings. The number of anilines is 1. The van der Waals surface area contributed by atoms with Crippen LogP contribution in [-0.2, 0) is 4.79 Å². The largest absolute Gasteiger partial charge is 0.479 e. The van der Waals surface area contributed by atoms with Gasteiger partial charge >= 0.3 is 0 Å². The first-order valence-corrected chi connectivity index (χ1v) is 7.69. The van der Waals surface area contributed by atoms with Crippen molar-refractivity contribution in [2.75, 3.05) is 5.32 Å². The van der Waals surface area contributed by atoms with Crippen LogP contribution in [0.1, 0.15) is 12.5 Å². The molecular formula is C16H14Cl3NO2. The Labute approximate surface area is 144 Å². The van der Waals surface area contributed by atoms with Crippen molar-refractivity contribution in [2.45, 2.75) is 20.0 Å². The Kier molecular flexibility index (Phi) is 5.57. The molecule has 0 aliphatic heterocycles. The second-order valence-corrected chi connectivity index (χ2v) is 5.98. The lowest BCUT2D eigenvalue weighted by atomic mass is 10.2. The molecule has 0 aromatic heterocycles. The van der Waals surface area contributed by atoms with E-state index in [0.29, 0.717) is 20.8 Å². The Morgan fingerprint density at radius 3 is 2.41 bits per heavy atom. The van der Waals surface area contributed by atoms with E-state index in [1.54, 1.807) is 6.92 Å². The van der Waals surface area contributed by atoms with Crippen LogP contribution in [0.5, 0.6) is 5.75 Å². The summed E-state index contributed by atoms with van der Waals surface area (Å²) in [5, 5.41) is 3.75. The zero-order valence-corrected chi connectivity index (χ0v) is 14.3. The first-order chi connectivity index (χ1) is 10.4. The maximum atomic E-state index is 12.2. The van der Waals surface area contributed by atoms with Crippen LogP contribution < -0.4 is 10.1 Å². The molecule has 1 amide bonds. The molecule has 1 N–H and O–H groups in total. The van der Waals surface area contributed by atoms with E-state index in [0.717, 1.165) is 11.3 Å². The van der Waals surface area contributed by atoms with E-state index in [1.807, 2.05) is 31.2 Å². The fraction of sp³-hybridized carbons (Fsp3) is 0.188. The summed E-state index contributed by atoms with van der Waals surface area (Å²) in [6.45, 7) is 3.55. The molecule has 2 rings (SSSR count). The molecule has 0 saturated heterocycles. The van der Waals surface area contributed by atoms with Gasteiger partial charge in [0.2, 0.25) is 0 Å². The Morgan fingerprint density at radius 1 is 1.09 bits per heavy atom. The van der Waals surface area contributed by atoms with Gasteiger partial charge in [-0.25, -0.2) is 0 Å². The molecule has 0 unspecified atom stereocenters. The third-order valence-corrected chi connectivity index (χ3v) is 4.07. The standard InChI is InChI=1S/C16H14Cl3NO2/c1-9-5-3-4-6-14(9)20-16(21)10(2)22-15-8-12(18)11(17)7-13(15)19/h3-8,10H,1-2H3,(H,20,21)/t10-/m1/s1. The first-order valence-electron chi connectivity index (χ1n) is 6.56. The van der Waals surface area contributed by atoms with Crippen LogP contribution in [0.3, 0.4) is 0 Å². The topological polar surface area (TPSA) is 38.3 Å². The van der Waals surface area contributed by atoms with Crippen LogP contribution in [0.2, 0.25) is 15.1 Å². The summed E-state index contributed by atoms with van der Waals surface area (Å²) >= 11 is 17.8. The van der Waals surface area contributed by atoms with Gasteiger partial charge in [0.15, 0.2) is 6.10 Å². The third kappa shape index (κ3) is 4.07. The van der Waals surface area contributed by atoms with Crippen molar-refractivity contribution in [1.29, 1.82) is 0 Å². The quantitative estimate of drug-likeness (QED) is 0.747. The molecule has 0 radical (unpaired) electrons. The first kappa shape index (κ1) is 16.9. The molecule has 2 aromatic carbocycles. The number of amides is 1. The van der Waals surface area contributed by atoms with Crippen molar-refractivity contribution < 1.29 is 9.53 Å². The third-order valence-electron chi connectivity index (χ3n) is 3.05. The fourth-order valence-electron chi connectivity index (χ4n) is 1.79. The second kappa shape index (κ2) is 7.23. The van der Waals surface area contributed by atoms with Crippen molar-refractivity contribution in [3.05, 3.63) is 57.0 Å². The number of hydrogen-bond donors (Lipinski definition) is 1. The molecule has 3 nitrogen and oxygen atoms in total. The SMILES string of the molecule is Cc1ccccc1NC(=O)[C@@H](C)Oc1cc(Cl)c(Cl)cc1Cl. The summed E-state index contributed by atoms with van der Waals surface area (Å²) in [6, 6.07) is 10.5. The number of rotatable bonds is 4. The van der Waals surface area contributed by atoms with Crippen molar-refractivity contribution >= 4 is 46.4 Å². The summed E-state index contributed by atoms with van der Waals surface area (Å²) in [4.78, 5) is 12.2. The molecule has 0 spiro atoms. The van der Waals surface area contributed by atoms with Crippen LogP contribution in [0, 0.1) is 6.92 Å². The highest BCUT2D eigenvalue weighted by Crippen LogP contribution is 2.34. The Balaban J connectivity index is 2.09. The van der Waals surface area contributed by atoms with E-state index in [-0.39, 0.29) is 5.91 Å². The molecule has 0 fully saturated rings. The lowest BCUT2D eigenvalue weighted by Crippen LogP contribution is -2.30. The monoisotopic (exact) mass is 357 g/mol. The van der Waals surface area contributed by atoms with E-state index in [2.05, 4.69) is 5.32 Å². The molecular weight excluding hydrogens is 345 g/mol. The van der Waals surface area contributed by atoms with Gasteiger partial charge in [0.25, 0.3) is 5.91 Å². The van der Waals surface area contributed by atoms with Crippen molar-refractivity contribution in [3.8, 4) is 5.75 Å². The van der Waals surface area contributed by atoms with Crippen LogP contribution >= 0.6 is 34.8 Å². The molecule has 22 heavy (non-hydrogen) atoms. The van der Waals surface area contributed by atoms with E-state index < -0.39 is 6.10 Å². The minimum Gasteiger partial charge on any atom is -0.479 e. The van der Waals surface area contributed by atoms with E-state index in [9.17, 15) is 4.79 Å². The van der Waals surface area contributed by atoms with Crippen molar-refractivity contribution in [2.24, 2.45) is 0 Å². The lowest BCUT2D eigenvalue weighted by Gasteiger charge is -2.17. The summed E-state index contributed by atoms with van der Waals surface area (Å²) in [7, 11) is 0. The smallest absolute Gasteiger partial charge is 0.265 e. The maximum absolute atomic E-state index is 12.2. The van der Waals surface area contributed by atoms with E-state index in [4.69, 9.17) is 39.5 Å². The zero-order valence-electron chi connectivity index (χ0n) is 12.0. The number of carbonyl (C=O) groups excluding carboxylic acids is 1. The summed E-state index contributed by atoms with van der Waals surface area (Å²) < 4.78 is 5.57. The molecule has 2 aromatic rings. The molecule has 0 heterocycles. The minimum atomic E-state index is -0.741. The van der Waals surface area contributed by atoms with Crippen molar-refractivity contribution in [3.63, 3.8) is 0 Å². The minimum absolute atomic E-state index is 0.281. The fourth-order valence-corrected chi connectivity index (χ4v) is 2.37. The Morgan fingerprint density at radius 2 is 1.73 bits per heavy atom. The molecule has 0 aliphatic carbocycles. The predicted octanol–water partition coefficient (Wildman–Crippen LogP) is 5.36. The summed E-state index contributed by atoms with van der Waals surface area (Å²) in [6.07, 6.45) is -0.741. The number of ether oxygens (including phenoxy) is 1. The highest BCUT2D eigenvalue weighted by molar-refractivity contribution is 6.43. The molecule has 1 atom stereocenters. The van der Waals surface area contributed by atoms with Gasteiger partial charge in [0, 0.05) is 11.8 Å². The van der Waals surface area contributed by atoms with Crippen molar-refractivity contribution in [1.82, 2.24) is 0 Å². The van der Waals surface area contributed by atoms with E-state index in [1.165, 1.54) is 12.1 Å². The Hall–Kier alpha value is -1.42. The zero-order chi connectivity index (χ0) is 16.3. The van der Waals surface area contributed by atoms with Gasteiger partial charge < -0.3 is 10.1 Å². The normalized spacial score (nSPS) is 11.9. The van der Waals surface area contributed by atoms with Gasteiger partial charge in [-0.2, -0.15) is 0 Å². The van der Waals surface area contributed by atoms with Gasteiger partial charge in [0.1, 0.15) is 5.75 Å².